The van der Waals surface area contributed by atoms with Crippen molar-refractivity contribution >= 4 is 39.9 Å². The quantitative estimate of drug-likeness (QED) is 0.531. The van der Waals surface area contributed by atoms with E-state index in [0.29, 0.717) is 32.4 Å². The van der Waals surface area contributed by atoms with Crippen LogP contribution in [-0.4, -0.2) is 24.1 Å². The molecule has 1 aromatic carbocycles. The van der Waals surface area contributed by atoms with Crippen LogP contribution in [0.25, 0.3) is 22.4 Å². The van der Waals surface area contributed by atoms with Crippen molar-refractivity contribution in [3.63, 3.8) is 0 Å². The van der Waals surface area contributed by atoms with Gasteiger partial charge >= 0.3 is 0 Å². The summed E-state index contributed by atoms with van der Waals surface area (Å²) in [6.45, 7) is 1.83. The van der Waals surface area contributed by atoms with Gasteiger partial charge in [0, 0.05) is 21.9 Å². The largest absolute Gasteiger partial charge is 0.281 e. The predicted octanol–water partition coefficient (Wildman–Crippen LogP) is 3.04. The Kier molecular flexibility index (Phi) is 3.11. The fraction of sp³-hybridized carbons (Fsp3) is 0.0667. The average Bonchev–Trinajstić information content (AvgIpc) is 2.95. The van der Waals surface area contributed by atoms with Crippen LogP contribution in [0.1, 0.15) is 5.69 Å². The standard InChI is InChI=1S/C15H9Cl2N5O/c1-8-2-13-12(6-18-15-19-7-20-22(13)15)14(23)21(8)11-4-9(16)3-10(17)5-11/h2-7H,1H3. The van der Waals surface area contributed by atoms with E-state index >= 15 is 0 Å². The lowest BCUT2D eigenvalue weighted by atomic mass is 10.2. The molecule has 23 heavy (non-hydrogen) atoms. The number of hydrogen-bond donors (Lipinski definition) is 0. The van der Waals surface area contributed by atoms with E-state index < -0.39 is 0 Å². The molecule has 0 atom stereocenters. The van der Waals surface area contributed by atoms with Gasteiger partial charge in [-0.15, -0.1) is 0 Å². The Morgan fingerprint density at radius 3 is 2.52 bits per heavy atom. The van der Waals surface area contributed by atoms with Gasteiger partial charge in [0.2, 0.25) is 0 Å². The van der Waals surface area contributed by atoms with Crippen molar-refractivity contribution < 1.29 is 0 Å². The van der Waals surface area contributed by atoms with Crippen molar-refractivity contribution in [2.75, 3.05) is 0 Å². The summed E-state index contributed by atoms with van der Waals surface area (Å²) in [5.74, 6) is 0.444. The molecule has 6 nitrogen and oxygen atoms in total. The number of aryl methyl sites for hydroxylation is 1. The minimum Gasteiger partial charge on any atom is -0.281 e. The van der Waals surface area contributed by atoms with Crippen LogP contribution in [0.2, 0.25) is 10.0 Å². The smallest absolute Gasteiger partial charge is 0.266 e. The third-order valence-electron chi connectivity index (χ3n) is 3.58. The molecule has 8 heteroatoms. The van der Waals surface area contributed by atoms with Crippen LogP contribution < -0.4 is 5.56 Å². The second-order valence-corrected chi connectivity index (χ2v) is 5.96. The van der Waals surface area contributed by atoms with E-state index in [4.69, 9.17) is 23.2 Å². The van der Waals surface area contributed by atoms with Crippen molar-refractivity contribution in [1.82, 2.24) is 24.1 Å². The van der Waals surface area contributed by atoms with Crippen LogP contribution in [0.4, 0.5) is 0 Å². The van der Waals surface area contributed by atoms with Crippen LogP contribution in [0.15, 0.2) is 41.6 Å². The number of rotatable bonds is 1. The van der Waals surface area contributed by atoms with Gasteiger partial charge in [-0.25, -0.2) is 4.98 Å². The Morgan fingerprint density at radius 1 is 1.04 bits per heavy atom. The number of halogens is 2. The lowest BCUT2D eigenvalue weighted by Crippen LogP contribution is -2.21. The molecule has 0 aliphatic rings. The summed E-state index contributed by atoms with van der Waals surface area (Å²) < 4.78 is 3.09. The molecule has 4 aromatic rings. The highest BCUT2D eigenvalue weighted by molar-refractivity contribution is 6.34. The first-order valence-corrected chi connectivity index (χ1v) is 7.48. The van der Waals surface area contributed by atoms with Crippen molar-refractivity contribution in [2.24, 2.45) is 0 Å². The van der Waals surface area contributed by atoms with Gasteiger partial charge in [-0.1, -0.05) is 23.2 Å². The number of aromatic nitrogens is 5. The summed E-state index contributed by atoms with van der Waals surface area (Å²) in [5, 5.41) is 5.47. The van der Waals surface area contributed by atoms with Crippen LogP contribution >= 0.6 is 23.2 Å². The molecule has 0 spiro atoms. The van der Waals surface area contributed by atoms with E-state index in [2.05, 4.69) is 15.1 Å². The maximum Gasteiger partial charge on any atom is 0.266 e. The predicted molar refractivity (Wildman–Crippen MR) is 88.6 cm³/mol. The molecular weight excluding hydrogens is 337 g/mol. The minimum atomic E-state index is -0.219. The van der Waals surface area contributed by atoms with Gasteiger partial charge in [0.25, 0.3) is 11.3 Å². The molecular formula is C15H9Cl2N5O. The zero-order chi connectivity index (χ0) is 16.1. The molecule has 4 rings (SSSR count). The zero-order valence-electron chi connectivity index (χ0n) is 11.9. The van der Waals surface area contributed by atoms with Gasteiger partial charge in [-0.3, -0.25) is 9.36 Å². The summed E-state index contributed by atoms with van der Waals surface area (Å²) in [4.78, 5) is 21.1. The Balaban J connectivity index is 2.12. The van der Waals surface area contributed by atoms with Gasteiger partial charge in [-0.05, 0) is 31.2 Å². The van der Waals surface area contributed by atoms with E-state index in [1.54, 1.807) is 27.3 Å². The summed E-state index contributed by atoms with van der Waals surface area (Å²) in [6.07, 6.45) is 2.91. The summed E-state index contributed by atoms with van der Waals surface area (Å²) in [5.41, 5.74) is 1.76. The number of fused-ring (bicyclic) bond motifs is 3. The molecule has 3 aromatic heterocycles. The zero-order valence-corrected chi connectivity index (χ0v) is 13.4. The molecule has 0 bridgehead atoms. The monoisotopic (exact) mass is 345 g/mol. The van der Waals surface area contributed by atoms with E-state index in [1.165, 1.54) is 12.5 Å². The Bertz CT molecular complexity index is 1110. The molecule has 114 valence electrons. The van der Waals surface area contributed by atoms with Gasteiger partial charge < -0.3 is 0 Å². The molecule has 0 amide bonds. The second-order valence-electron chi connectivity index (χ2n) is 5.08. The maximum atomic E-state index is 12.9. The van der Waals surface area contributed by atoms with Crippen LogP contribution in [0, 0.1) is 6.92 Å². The van der Waals surface area contributed by atoms with Gasteiger partial charge in [-0.2, -0.15) is 14.6 Å². The van der Waals surface area contributed by atoms with Crippen molar-refractivity contribution in [3.05, 3.63) is 62.9 Å². The first-order valence-electron chi connectivity index (χ1n) is 6.72. The molecule has 0 aliphatic carbocycles. The highest BCUT2D eigenvalue weighted by atomic mass is 35.5. The summed E-state index contributed by atoms with van der Waals surface area (Å²) in [7, 11) is 0. The molecule has 0 saturated carbocycles. The Morgan fingerprint density at radius 2 is 1.78 bits per heavy atom. The first kappa shape index (κ1) is 14.2. The van der Waals surface area contributed by atoms with E-state index in [1.807, 2.05) is 13.0 Å². The van der Waals surface area contributed by atoms with Gasteiger partial charge in [0.15, 0.2) is 0 Å². The number of pyridine rings is 1. The lowest BCUT2D eigenvalue weighted by Gasteiger charge is -2.12. The van der Waals surface area contributed by atoms with Crippen molar-refractivity contribution in [2.45, 2.75) is 6.92 Å². The summed E-state index contributed by atoms with van der Waals surface area (Å²) >= 11 is 12.1. The van der Waals surface area contributed by atoms with Crippen molar-refractivity contribution in [3.8, 4) is 5.69 Å². The third kappa shape index (κ3) is 2.18. The van der Waals surface area contributed by atoms with E-state index in [9.17, 15) is 4.79 Å². The third-order valence-corrected chi connectivity index (χ3v) is 4.02. The van der Waals surface area contributed by atoms with E-state index in [-0.39, 0.29) is 5.56 Å². The minimum absolute atomic E-state index is 0.219. The second kappa shape index (κ2) is 5.04. The van der Waals surface area contributed by atoms with Crippen LogP contribution in [0.3, 0.4) is 0 Å². The lowest BCUT2D eigenvalue weighted by molar-refractivity contribution is 0.926. The van der Waals surface area contributed by atoms with Crippen LogP contribution in [0.5, 0.6) is 0 Å². The molecule has 0 unspecified atom stereocenters. The number of benzene rings is 1. The molecule has 0 saturated heterocycles. The van der Waals surface area contributed by atoms with E-state index in [0.717, 1.165) is 5.69 Å². The van der Waals surface area contributed by atoms with Gasteiger partial charge in [0.1, 0.15) is 6.33 Å². The number of hydrogen-bond acceptors (Lipinski definition) is 4. The highest BCUT2D eigenvalue weighted by Crippen LogP contribution is 2.23. The van der Waals surface area contributed by atoms with Gasteiger partial charge in [0.05, 0.1) is 16.6 Å². The topological polar surface area (TPSA) is 65.1 Å². The SMILES string of the molecule is Cc1cc2c(cnc3ncnn32)c(=O)n1-c1cc(Cl)cc(Cl)c1. The Labute approximate surface area is 139 Å². The highest BCUT2D eigenvalue weighted by Gasteiger charge is 2.13. The fourth-order valence-electron chi connectivity index (χ4n) is 2.63. The number of nitrogens with zero attached hydrogens (tertiary/aromatic N) is 5. The maximum absolute atomic E-state index is 12.9. The molecule has 0 N–H and O–H groups in total. The average molecular weight is 346 g/mol. The molecule has 0 aliphatic heterocycles. The molecule has 3 heterocycles. The fourth-order valence-corrected chi connectivity index (χ4v) is 3.15. The first-order chi connectivity index (χ1) is 11.0. The summed E-state index contributed by atoms with van der Waals surface area (Å²) in [6, 6.07) is 6.85. The molecule has 0 radical (unpaired) electrons. The van der Waals surface area contributed by atoms with Crippen LogP contribution in [-0.2, 0) is 0 Å². The normalized spacial score (nSPS) is 11.4. The molecule has 0 fully saturated rings. The Hall–Kier alpha value is -2.44. The van der Waals surface area contributed by atoms with Crippen molar-refractivity contribution in [1.29, 1.82) is 0 Å².